The third kappa shape index (κ3) is 4.03. The number of hydrogen-bond acceptors (Lipinski definition) is 2. The molecule has 5 heteroatoms. The van der Waals surface area contributed by atoms with E-state index in [-0.39, 0.29) is 11.4 Å². The highest BCUT2D eigenvalue weighted by molar-refractivity contribution is 7.92. The zero-order chi connectivity index (χ0) is 17.9. The van der Waals surface area contributed by atoms with E-state index in [0.717, 1.165) is 11.1 Å². The van der Waals surface area contributed by atoms with Crippen LogP contribution >= 0.6 is 11.6 Å². The van der Waals surface area contributed by atoms with E-state index in [2.05, 4.69) is 0 Å². The van der Waals surface area contributed by atoms with Crippen LogP contribution in [0.2, 0.25) is 5.02 Å². The Kier molecular flexibility index (Phi) is 5.11. The van der Waals surface area contributed by atoms with E-state index in [1.54, 1.807) is 42.5 Å². The zero-order valence-electron chi connectivity index (χ0n) is 13.8. The molecule has 0 heterocycles. The van der Waals surface area contributed by atoms with E-state index in [1.807, 2.05) is 43.3 Å². The highest BCUT2D eigenvalue weighted by atomic mass is 35.5. The van der Waals surface area contributed by atoms with Crippen LogP contribution in [-0.2, 0) is 16.6 Å². The first-order chi connectivity index (χ1) is 12.0. The van der Waals surface area contributed by atoms with Crippen molar-refractivity contribution in [3.63, 3.8) is 0 Å². The standard InChI is InChI=1S/C20H18ClNO2S/c1-16-7-13-19(14-8-16)22(15-17-9-11-18(21)12-10-17)25(23,24)20-5-3-2-4-6-20/h2-14H,15H2,1H3. The van der Waals surface area contributed by atoms with Crippen LogP contribution in [0.25, 0.3) is 0 Å². The van der Waals surface area contributed by atoms with Crippen molar-refractivity contribution in [1.82, 2.24) is 0 Å². The Morgan fingerprint density at radius 1 is 0.840 bits per heavy atom. The average molecular weight is 372 g/mol. The van der Waals surface area contributed by atoms with E-state index < -0.39 is 10.0 Å². The monoisotopic (exact) mass is 371 g/mol. The smallest absolute Gasteiger partial charge is 0.262 e. The number of benzene rings is 3. The first-order valence-electron chi connectivity index (χ1n) is 7.86. The molecule has 0 saturated heterocycles. The van der Waals surface area contributed by atoms with Crippen molar-refractivity contribution < 1.29 is 8.42 Å². The van der Waals surface area contributed by atoms with Gasteiger partial charge in [0.2, 0.25) is 0 Å². The minimum atomic E-state index is -3.67. The molecule has 0 aliphatic carbocycles. The Bertz CT molecular complexity index is 937. The number of nitrogens with zero attached hydrogens (tertiary/aromatic N) is 1. The molecule has 3 aromatic carbocycles. The highest BCUT2D eigenvalue weighted by Gasteiger charge is 2.25. The van der Waals surface area contributed by atoms with Gasteiger partial charge in [-0.3, -0.25) is 4.31 Å². The second-order valence-corrected chi connectivity index (χ2v) is 8.09. The van der Waals surface area contributed by atoms with Gasteiger partial charge in [0.25, 0.3) is 10.0 Å². The van der Waals surface area contributed by atoms with Crippen molar-refractivity contribution in [3.8, 4) is 0 Å². The minimum Gasteiger partial charge on any atom is -0.262 e. The lowest BCUT2D eigenvalue weighted by Gasteiger charge is -2.25. The molecule has 3 nitrogen and oxygen atoms in total. The molecule has 0 unspecified atom stereocenters. The number of halogens is 1. The topological polar surface area (TPSA) is 37.4 Å². The normalized spacial score (nSPS) is 11.3. The number of sulfonamides is 1. The van der Waals surface area contributed by atoms with E-state index >= 15 is 0 Å². The second kappa shape index (κ2) is 7.30. The van der Waals surface area contributed by atoms with Gasteiger partial charge in [0.1, 0.15) is 0 Å². The summed E-state index contributed by atoms with van der Waals surface area (Å²) in [5, 5.41) is 0.622. The summed E-state index contributed by atoms with van der Waals surface area (Å²) < 4.78 is 27.8. The number of aryl methyl sites for hydroxylation is 1. The molecule has 25 heavy (non-hydrogen) atoms. The van der Waals surface area contributed by atoms with Gasteiger partial charge in [0.15, 0.2) is 0 Å². The fourth-order valence-corrected chi connectivity index (χ4v) is 4.10. The van der Waals surface area contributed by atoms with E-state index in [9.17, 15) is 8.42 Å². The first kappa shape index (κ1) is 17.5. The van der Waals surface area contributed by atoms with Crippen LogP contribution in [-0.4, -0.2) is 8.42 Å². The van der Waals surface area contributed by atoms with Gasteiger partial charge in [0, 0.05) is 5.02 Å². The second-order valence-electron chi connectivity index (χ2n) is 5.79. The van der Waals surface area contributed by atoms with Crippen LogP contribution in [0.4, 0.5) is 5.69 Å². The number of rotatable bonds is 5. The maximum atomic E-state index is 13.2. The molecule has 0 aromatic heterocycles. The maximum absolute atomic E-state index is 13.2. The van der Waals surface area contributed by atoms with Gasteiger partial charge >= 0.3 is 0 Å². The van der Waals surface area contributed by atoms with Gasteiger partial charge in [-0.2, -0.15) is 0 Å². The van der Waals surface area contributed by atoms with Crippen molar-refractivity contribution >= 4 is 27.3 Å². The van der Waals surface area contributed by atoms with Crippen LogP contribution in [0.15, 0.2) is 83.8 Å². The first-order valence-corrected chi connectivity index (χ1v) is 9.67. The molecule has 3 aromatic rings. The van der Waals surface area contributed by atoms with E-state index in [4.69, 9.17) is 11.6 Å². The Balaban J connectivity index is 2.05. The molecule has 0 aliphatic rings. The summed E-state index contributed by atoms with van der Waals surface area (Å²) in [6.45, 7) is 2.20. The van der Waals surface area contributed by atoms with E-state index in [0.29, 0.717) is 10.7 Å². The van der Waals surface area contributed by atoms with Crippen LogP contribution in [0.1, 0.15) is 11.1 Å². The molecule has 128 valence electrons. The molecule has 0 spiro atoms. The lowest BCUT2D eigenvalue weighted by Crippen LogP contribution is -2.30. The fraction of sp³-hybridized carbons (Fsp3) is 0.100. The van der Waals surface area contributed by atoms with Crippen molar-refractivity contribution in [1.29, 1.82) is 0 Å². The zero-order valence-corrected chi connectivity index (χ0v) is 15.3. The molecule has 3 rings (SSSR count). The van der Waals surface area contributed by atoms with Gasteiger partial charge in [-0.05, 0) is 48.9 Å². The molecule has 0 saturated carbocycles. The van der Waals surface area contributed by atoms with Gasteiger partial charge in [-0.15, -0.1) is 0 Å². The lowest BCUT2D eigenvalue weighted by atomic mass is 10.2. The highest BCUT2D eigenvalue weighted by Crippen LogP contribution is 2.26. The molecule has 0 atom stereocenters. The summed E-state index contributed by atoms with van der Waals surface area (Å²) in [6, 6.07) is 23.1. The molecular weight excluding hydrogens is 354 g/mol. The summed E-state index contributed by atoms with van der Waals surface area (Å²) in [5.41, 5.74) is 2.57. The molecule has 0 fully saturated rings. The van der Waals surface area contributed by atoms with Crippen LogP contribution in [0, 0.1) is 6.92 Å². The average Bonchev–Trinajstić information content (AvgIpc) is 2.63. The van der Waals surface area contributed by atoms with Gasteiger partial charge < -0.3 is 0 Å². The van der Waals surface area contributed by atoms with Crippen LogP contribution in [0.5, 0.6) is 0 Å². The summed E-state index contributed by atoms with van der Waals surface area (Å²) in [5.74, 6) is 0. The lowest BCUT2D eigenvalue weighted by molar-refractivity contribution is 0.590. The summed E-state index contributed by atoms with van der Waals surface area (Å²) >= 11 is 5.94. The van der Waals surface area contributed by atoms with Crippen molar-refractivity contribution in [2.24, 2.45) is 0 Å². The van der Waals surface area contributed by atoms with Crippen LogP contribution in [0.3, 0.4) is 0 Å². The quantitative estimate of drug-likeness (QED) is 0.629. The van der Waals surface area contributed by atoms with Crippen molar-refractivity contribution in [3.05, 3.63) is 95.0 Å². The predicted octanol–water partition coefficient (Wildman–Crippen LogP) is 5.04. The largest absolute Gasteiger partial charge is 0.264 e. The summed E-state index contributed by atoms with van der Waals surface area (Å²) in [6.07, 6.45) is 0. The maximum Gasteiger partial charge on any atom is 0.264 e. The molecular formula is C20H18ClNO2S. The fourth-order valence-electron chi connectivity index (χ4n) is 2.50. The Hall–Kier alpha value is -2.30. The van der Waals surface area contributed by atoms with E-state index in [1.165, 1.54) is 4.31 Å². The third-order valence-corrected chi connectivity index (χ3v) is 5.93. The molecule has 0 radical (unpaired) electrons. The van der Waals surface area contributed by atoms with Gasteiger partial charge in [-0.25, -0.2) is 8.42 Å². The number of anilines is 1. The molecule has 0 N–H and O–H groups in total. The SMILES string of the molecule is Cc1ccc(N(Cc2ccc(Cl)cc2)S(=O)(=O)c2ccccc2)cc1. The number of hydrogen-bond donors (Lipinski definition) is 0. The van der Waals surface area contributed by atoms with Crippen molar-refractivity contribution in [2.45, 2.75) is 18.4 Å². The van der Waals surface area contributed by atoms with Gasteiger partial charge in [-0.1, -0.05) is 59.6 Å². The minimum absolute atomic E-state index is 0.234. The Morgan fingerprint density at radius 3 is 2.04 bits per heavy atom. The summed E-state index contributed by atoms with van der Waals surface area (Å²) in [4.78, 5) is 0.268. The molecule has 0 amide bonds. The predicted molar refractivity (Wildman–Crippen MR) is 102 cm³/mol. The van der Waals surface area contributed by atoms with Gasteiger partial charge in [0.05, 0.1) is 17.1 Å². The third-order valence-electron chi connectivity index (χ3n) is 3.89. The summed E-state index contributed by atoms with van der Waals surface area (Å²) in [7, 11) is -3.67. The van der Waals surface area contributed by atoms with Crippen molar-refractivity contribution in [2.75, 3.05) is 4.31 Å². The Morgan fingerprint density at radius 2 is 1.44 bits per heavy atom. The van der Waals surface area contributed by atoms with Crippen LogP contribution < -0.4 is 4.31 Å². The Labute approximate surface area is 153 Å². The molecule has 0 bridgehead atoms. The molecule has 0 aliphatic heterocycles.